The molecule has 8 atom stereocenters. The van der Waals surface area contributed by atoms with E-state index in [1.807, 2.05) is 0 Å². The Hall–Kier alpha value is 0.620. The molecule has 0 aliphatic rings. The molecule has 0 aliphatic carbocycles. The maximum Gasteiger partial charge on any atom is 0.268 e. The molecule has 2 N–H and O–H groups in total. The minimum atomic E-state index is -5.13. The van der Waals surface area contributed by atoms with E-state index >= 15 is 0 Å². The number of rotatable bonds is 32. The van der Waals surface area contributed by atoms with Gasteiger partial charge in [0.2, 0.25) is 0 Å². The summed E-state index contributed by atoms with van der Waals surface area (Å²) >= 11 is 0. The van der Waals surface area contributed by atoms with Crippen LogP contribution in [0.1, 0.15) is 41.5 Å². The SMILES string of the molecule is C.C.CCC(CO)COP(=O)([O-])OCCOP(=O)([O-])OCCOP(=O)([O-])OCCOP(=O)([O-])OCCOP(=O)([O-])OCC(CC)COP(=O)([O-])O. The van der Waals surface area contributed by atoms with Crippen LogP contribution in [-0.2, 0) is 77.2 Å². The zero-order chi connectivity index (χ0) is 37.8. The van der Waals surface area contributed by atoms with Crippen LogP contribution in [0.5, 0.6) is 0 Å². The summed E-state index contributed by atoms with van der Waals surface area (Å²) in [6.07, 6.45) is 0.609. The van der Waals surface area contributed by atoms with Crippen LogP contribution in [0.3, 0.4) is 0 Å². The number of aliphatic hydroxyl groups is 1. The molecule has 0 rings (SSSR count). The maximum absolute atomic E-state index is 11.7. The van der Waals surface area contributed by atoms with Crippen LogP contribution in [0.4, 0.5) is 0 Å². The standard InChI is InChI=1S/C18H44O25P6.2CH4/c1-3-17(13-19)14-42-48(29,30)39-11-9-37-46(25,26)35-7-5-33-45(23,24)34-6-8-36-47(27,28)38-10-12-40-49(31,32)43-16-18(4-2)15-41-44(20,21)22;;/h17-19H,3-16H2,1-2H3,(H,23,24)(H,25,26)(H,27,28)(H,29,30)(H,31,32)(H2,20,21,22);2*1H4/p-6. The van der Waals surface area contributed by atoms with Crippen LogP contribution >= 0.6 is 46.9 Å². The predicted molar refractivity (Wildman–Crippen MR) is 161 cm³/mol. The van der Waals surface area contributed by atoms with Crippen molar-refractivity contribution in [2.75, 3.05) is 79.3 Å². The molecule has 0 radical (unpaired) electrons. The summed E-state index contributed by atoms with van der Waals surface area (Å²) in [5.41, 5.74) is 0. The Balaban J connectivity index is -0.0000115. The summed E-state index contributed by atoms with van der Waals surface area (Å²) in [4.78, 5) is 77.6. The average molecular weight is 872 g/mol. The molecule has 25 nitrogen and oxygen atoms in total. The van der Waals surface area contributed by atoms with Gasteiger partial charge in [-0.05, 0) is 12.8 Å². The first-order chi connectivity index (χ1) is 22.5. The van der Waals surface area contributed by atoms with Crippen molar-refractivity contribution in [2.24, 2.45) is 11.8 Å². The Bertz CT molecular complexity index is 1210. The van der Waals surface area contributed by atoms with Crippen LogP contribution in [0.25, 0.3) is 0 Å². The molecular weight excluding hydrogens is 826 g/mol. The summed E-state index contributed by atoms with van der Waals surface area (Å²) < 4.78 is 117. The topological polar surface area (TPSA) is 383 Å². The summed E-state index contributed by atoms with van der Waals surface area (Å²) in [6, 6.07) is 0. The van der Waals surface area contributed by atoms with Crippen LogP contribution < -0.4 is 29.4 Å². The first kappa shape index (κ1) is 56.0. The highest BCUT2D eigenvalue weighted by Crippen LogP contribution is 2.44. The lowest BCUT2D eigenvalue weighted by Gasteiger charge is -2.27. The average Bonchev–Trinajstić information content (AvgIpc) is 2.98. The van der Waals surface area contributed by atoms with Gasteiger partial charge in [0.25, 0.3) is 46.9 Å². The molecule has 0 saturated heterocycles. The van der Waals surface area contributed by atoms with Gasteiger partial charge in [-0.25, -0.2) is 0 Å². The lowest BCUT2D eigenvalue weighted by atomic mass is 10.1. The zero-order valence-electron chi connectivity index (χ0n) is 26.0. The largest absolute Gasteiger partial charge is 0.756 e. The molecule has 0 aromatic heterocycles. The van der Waals surface area contributed by atoms with Crippen LogP contribution in [0.15, 0.2) is 0 Å². The molecule has 0 aromatic carbocycles. The number of phosphoric acid groups is 6. The Kier molecular flexibility index (Phi) is 29.9. The van der Waals surface area contributed by atoms with E-state index < -0.39 is 125 Å². The van der Waals surface area contributed by atoms with Gasteiger partial charge in [0.05, 0.1) is 72.7 Å². The van der Waals surface area contributed by atoms with Crippen molar-refractivity contribution in [3.63, 3.8) is 0 Å². The lowest BCUT2D eigenvalue weighted by molar-refractivity contribution is -0.238. The van der Waals surface area contributed by atoms with Gasteiger partial charge in [-0.2, -0.15) is 0 Å². The van der Waals surface area contributed by atoms with E-state index in [9.17, 15) is 56.8 Å². The summed E-state index contributed by atoms with van der Waals surface area (Å²) in [7, 11) is -30.2. The third-order valence-corrected chi connectivity index (χ3v) is 10.5. The van der Waals surface area contributed by atoms with Crippen LogP contribution in [0.2, 0.25) is 0 Å². The molecule has 0 saturated carbocycles. The van der Waals surface area contributed by atoms with Crippen molar-refractivity contribution in [2.45, 2.75) is 41.5 Å². The van der Waals surface area contributed by atoms with Gasteiger partial charge in [-0.3, -0.25) is 27.4 Å². The van der Waals surface area contributed by atoms with Gasteiger partial charge < -0.3 is 89.1 Å². The molecule has 8 unspecified atom stereocenters. The Morgan fingerprint density at radius 1 is 0.431 bits per heavy atom. The predicted octanol–water partition coefficient (Wildman–Crippen LogP) is -0.711. The fraction of sp³-hybridized carbons (Fsp3) is 1.00. The molecule has 0 bridgehead atoms. The van der Waals surface area contributed by atoms with Gasteiger partial charge in [0.1, 0.15) is 0 Å². The Morgan fingerprint density at radius 3 is 0.863 bits per heavy atom. The van der Waals surface area contributed by atoms with Gasteiger partial charge in [0.15, 0.2) is 0 Å². The molecule has 0 aromatic rings. The second-order valence-electron chi connectivity index (χ2n) is 8.99. The Labute approximate surface area is 296 Å². The van der Waals surface area contributed by atoms with E-state index in [0.717, 1.165) is 0 Å². The van der Waals surface area contributed by atoms with Crippen molar-refractivity contribution in [1.29, 1.82) is 0 Å². The van der Waals surface area contributed by atoms with E-state index in [1.165, 1.54) is 0 Å². The van der Waals surface area contributed by atoms with Crippen molar-refractivity contribution in [3.05, 3.63) is 0 Å². The highest BCUT2D eigenvalue weighted by Gasteiger charge is 2.19. The molecular formula is C20H46O25P6-6. The van der Waals surface area contributed by atoms with E-state index in [2.05, 4.69) is 49.8 Å². The molecule has 0 aliphatic heterocycles. The highest BCUT2D eigenvalue weighted by molar-refractivity contribution is 7.47. The zero-order valence-corrected chi connectivity index (χ0v) is 31.4. The van der Waals surface area contributed by atoms with Crippen molar-refractivity contribution < 1.29 is 117 Å². The smallest absolute Gasteiger partial charge is 0.268 e. The number of hydrogen-bond donors (Lipinski definition) is 2. The second kappa shape index (κ2) is 27.3. The first-order valence-electron chi connectivity index (χ1n) is 13.8. The molecule has 0 spiro atoms. The number of hydrogen-bond acceptors (Lipinski definition) is 24. The monoisotopic (exact) mass is 872 g/mol. The van der Waals surface area contributed by atoms with Crippen molar-refractivity contribution >= 4 is 46.9 Å². The van der Waals surface area contributed by atoms with Gasteiger partial charge in [-0.15, -0.1) is 0 Å². The normalized spacial score (nSPS) is 20.1. The third kappa shape index (κ3) is 32.6. The van der Waals surface area contributed by atoms with Gasteiger partial charge in [-0.1, -0.05) is 28.7 Å². The lowest BCUT2D eigenvalue weighted by Crippen LogP contribution is -2.20. The summed E-state index contributed by atoms with van der Waals surface area (Å²) in [5, 5.41) is 9.01. The minimum Gasteiger partial charge on any atom is -0.756 e. The minimum absolute atomic E-state index is 0. The van der Waals surface area contributed by atoms with Gasteiger partial charge in [0, 0.05) is 18.4 Å². The summed E-state index contributed by atoms with van der Waals surface area (Å²) in [6.45, 7) is -5.73. The Morgan fingerprint density at radius 2 is 0.647 bits per heavy atom. The maximum atomic E-state index is 11.7. The molecule has 51 heavy (non-hydrogen) atoms. The quantitative estimate of drug-likeness (QED) is 0.0622. The van der Waals surface area contributed by atoms with Crippen molar-refractivity contribution in [3.8, 4) is 0 Å². The number of aliphatic hydroxyl groups excluding tert-OH is 1. The molecule has 31 heteroatoms. The molecule has 0 fully saturated rings. The van der Waals surface area contributed by atoms with Crippen LogP contribution in [0, 0.1) is 11.8 Å². The fourth-order valence-corrected chi connectivity index (χ4v) is 6.50. The van der Waals surface area contributed by atoms with E-state index in [-0.39, 0.29) is 34.5 Å². The van der Waals surface area contributed by atoms with Crippen LogP contribution in [-0.4, -0.2) is 89.3 Å². The molecule has 0 amide bonds. The van der Waals surface area contributed by atoms with Gasteiger partial charge >= 0.3 is 0 Å². The van der Waals surface area contributed by atoms with E-state index in [4.69, 9.17) is 10.00 Å². The highest BCUT2D eigenvalue weighted by atomic mass is 31.2. The molecule has 312 valence electrons. The summed E-state index contributed by atoms with van der Waals surface area (Å²) in [5.74, 6) is -1.24. The molecule has 0 heterocycles. The fourth-order valence-electron chi connectivity index (χ4n) is 2.56. The van der Waals surface area contributed by atoms with Crippen molar-refractivity contribution in [1.82, 2.24) is 0 Å². The van der Waals surface area contributed by atoms with E-state index in [0.29, 0.717) is 6.42 Å². The first-order valence-corrected chi connectivity index (χ1v) is 22.6. The third-order valence-electron chi connectivity index (χ3n) is 5.15. The number of phosphoric ester groups is 6. The second-order valence-corrected chi connectivity index (χ2v) is 17.2. The van der Waals surface area contributed by atoms with E-state index in [1.54, 1.807) is 13.8 Å².